The molecule has 6 nitrogen and oxygen atoms in total. The van der Waals surface area contributed by atoms with Gasteiger partial charge in [0.2, 0.25) is 0 Å². The van der Waals surface area contributed by atoms with Gasteiger partial charge in [0, 0.05) is 52.0 Å². The van der Waals surface area contributed by atoms with Gasteiger partial charge in [0.25, 0.3) is 5.91 Å². The fourth-order valence-corrected chi connectivity index (χ4v) is 7.66. The van der Waals surface area contributed by atoms with Crippen molar-refractivity contribution in [2.75, 3.05) is 11.9 Å². The number of hydrogen-bond donors (Lipinski definition) is 1. The fourth-order valence-electron chi connectivity index (χ4n) is 7.48. The number of hydrogen-bond acceptors (Lipinski definition) is 5. The van der Waals surface area contributed by atoms with Crippen LogP contribution in [0.5, 0.6) is 5.75 Å². The van der Waals surface area contributed by atoms with Crippen LogP contribution in [0.1, 0.15) is 89.0 Å². The van der Waals surface area contributed by atoms with E-state index in [2.05, 4.69) is 57.0 Å². The van der Waals surface area contributed by atoms with Crippen LogP contribution in [0.15, 0.2) is 95.3 Å². The number of carbonyl (C=O) groups excluding carboxylic acids is 3. The quantitative estimate of drug-likeness (QED) is 0.276. The summed E-state index contributed by atoms with van der Waals surface area (Å²) >= 11 is 6.23. The van der Waals surface area contributed by atoms with Gasteiger partial charge in [-0.05, 0) is 78.5 Å². The third kappa shape index (κ3) is 6.66. The normalized spacial score (nSPS) is 19.7. The number of allylic oxidation sites excluding steroid dienone is 4. The summed E-state index contributed by atoms with van der Waals surface area (Å²) in [5.74, 6) is -0.158. The SMILES string of the molecule is Cc1ccc(NC(=O)COc2cccc(C3C4=C(CC(C)(C)CC4=O)N([C@H](C)c4ccccc4)C4=C3C(=O)CC(C)(C)C4)c2)cc1Cl. The molecule has 244 valence electrons. The number of ketones is 2. The maximum Gasteiger partial charge on any atom is 0.262 e. The first-order valence-corrected chi connectivity index (χ1v) is 16.8. The second-order valence-electron chi connectivity index (χ2n) is 14.9. The van der Waals surface area contributed by atoms with Gasteiger partial charge in [-0.25, -0.2) is 0 Å². The summed E-state index contributed by atoms with van der Waals surface area (Å²) in [5, 5.41) is 3.40. The third-order valence-corrected chi connectivity index (χ3v) is 10.0. The summed E-state index contributed by atoms with van der Waals surface area (Å²) in [4.78, 5) is 43.6. The molecule has 6 rings (SSSR count). The van der Waals surface area contributed by atoms with Crippen molar-refractivity contribution in [2.24, 2.45) is 10.8 Å². The molecule has 0 saturated heterocycles. The topological polar surface area (TPSA) is 75.7 Å². The Bertz CT molecular complexity index is 1770. The van der Waals surface area contributed by atoms with Crippen LogP contribution in [-0.4, -0.2) is 29.0 Å². The minimum atomic E-state index is -0.501. The number of carbonyl (C=O) groups is 3. The van der Waals surface area contributed by atoms with Crippen LogP contribution in [0.2, 0.25) is 5.02 Å². The van der Waals surface area contributed by atoms with Gasteiger partial charge in [0.15, 0.2) is 18.2 Å². The van der Waals surface area contributed by atoms with Gasteiger partial charge in [-0.15, -0.1) is 0 Å². The molecule has 1 N–H and O–H groups in total. The summed E-state index contributed by atoms with van der Waals surface area (Å²) in [5.41, 5.74) is 6.49. The van der Waals surface area contributed by atoms with E-state index in [0.29, 0.717) is 40.4 Å². The fraction of sp³-hybridized carbons (Fsp3) is 0.375. The van der Waals surface area contributed by atoms with Gasteiger partial charge in [0.05, 0.1) is 6.04 Å². The highest BCUT2D eigenvalue weighted by molar-refractivity contribution is 6.31. The zero-order valence-electron chi connectivity index (χ0n) is 28.1. The summed E-state index contributed by atoms with van der Waals surface area (Å²) < 4.78 is 5.98. The Hall–Kier alpha value is -4.16. The van der Waals surface area contributed by atoms with Crippen molar-refractivity contribution in [3.63, 3.8) is 0 Å². The lowest BCUT2D eigenvalue weighted by Gasteiger charge is -2.51. The molecular weight excluding hydrogens is 608 g/mol. The standard InChI is InChI=1S/C40H43ClN2O4/c1-24-15-16-28(18-30(24)41)42-35(46)23-47-29-14-10-13-27(17-29)36-37-31(19-39(3,4)21-33(37)44)43(25(2)26-11-8-7-9-12-26)32-20-40(5,6)22-34(45)38(32)36/h7-18,25,36H,19-23H2,1-6H3,(H,42,46)/t25-/m1/s1. The minimum absolute atomic E-state index is 0.0628. The minimum Gasteiger partial charge on any atom is -0.484 e. The van der Waals surface area contributed by atoms with Crippen molar-refractivity contribution in [1.82, 2.24) is 4.90 Å². The lowest BCUT2D eigenvalue weighted by molar-refractivity contribution is -0.120. The Kier molecular flexibility index (Phi) is 8.69. The lowest BCUT2D eigenvalue weighted by atomic mass is 9.63. The van der Waals surface area contributed by atoms with Gasteiger partial charge >= 0.3 is 0 Å². The number of nitrogens with one attached hydrogen (secondary N) is 1. The molecular formula is C40H43ClN2O4. The lowest BCUT2D eigenvalue weighted by Crippen LogP contribution is -2.45. The van der Waals surface area contributed by atoms with E-state index in [1.165, 1.54) is 0 Å². The number of aryl methyl sites for hydroxylation is 1. The smallest absolute Gasteiger partial charge is 0.262 e. The van der Waals surface area contributed by atoms with Gasteiger partial charge in [-0.2, -0.15) is 0 Å². The molecule has 1 aliphatic heterocycles. The second-order valence-corrected chi connectivity index (χ2v) is 15.3. The first kappa shape index (κ1) is 32.8. The predicted octanol–water partition coefficient (Wildman–Crippen LogP) is 9.11. The Morgan fingerprint density at radius 2 is 1.49 bits per heavy atom. The summed E-state index contributed by atoms with van der Waals surface area (Å²) in [7, 11) is 0. The Labute approximate surface area is 282 Å². The highest BCUT2D eigenvalue weighted by atomic mass is 35.5. The number of Topliss-reactive ketones (excluding diaryl/α,β-unsaturated/α-hetero) is 2. The molecule has 3 aromatic carbocycles. The molecule has 0 radical (unpaired) electrons. The molecule has 3 aliphatic rings. The van der Waals surface area contributed by atoms with E-state index in [-0.39, 0.29) is 41.0 Å². The maximum atomic E-state index is 14.2. The average Bonchev–Trinajstić information content (AvgIpc) is 3.00. The van der Waals surface area contributed by atoms with E-state index in [0.717, 1.165) is 40.9 Å². The molecule has 0 aromatic heterocycles. The highest BCUT2D eigenvalue weighted by Crippen LogP contribution is 2.56. The molecule has 1 heterocycles. The zero-order valence-corrected chi connectivity index (χ0v) is 28.8. The van der Waals surface area contributed by atoms with Crippen LogP contribution in [0.3, 0.4) is 0 Å². The van der Waals surface area contributed by atoms with Gasteiger partial charge in [-0.3, -0.25) is 14.4 Å². The van der Waals surface area contributed by atoms with Crippen molar-refractivity contribution in [1.29, 1.82) is 0 Å². The third-order valence-electron chi connectivity index (χ3n) is 9.64. The van der Waals surface area contributed by atoms with E-state index in [1.54, 1.807) is 18.2 Å². The summed E-state index contributed by atoms with van der Waals surface area (Å²) in [6, 6.07) is 23.1. The second kappa shape index (κ2) is 12.5. The van der Waals surface area contributed by atoms with Crippen molar-refractivity contribution in [3.05, 3.63) is 117 Å². The van der Waals surface area contributed by atoms with Crippen molar-refractivity contribution in [3.8, 4) is 5.75 Å². The molecule has 3 aromatic rings. The zero-order chi connectivity index (χ0) is 33.7. The molecule has 0 fully saturated rings. The molecule has 0 bridgehead atoms. The molecule has 7 heteroatoms. The van der Waals surface area contributed by atoms with Crippen molar-refractivity contribution >= 4 is 34.8 Å². The van der Waals surface area contributed by atoms with Crippen LogP contribution < -0.4 is 10.1 Å². The first-order valence-electron chi connectivity index (χ1n) is 16.4. The number of halogens is 1. The number of rotatable bonds is 7. The van der Waals surface area contributed by atoms with E-state index in [9.17, 15) is 14.4 Å². The molecule has 2 aliphatic carbocycles. The van der Waals surface area contributed by atoms with E-state index in [1.807, 2.05) is 49.4 Å². The van der Waals surface area contributed by atoms with Crippen LogP contribution in [0, 0.1) is 17.8 Å². The number of ether oxygens (including phenoxy) is 1. The number of nitrogens with zero attached hydrogens (tertiary/aromatic N) is 1. The molecule has 47 heavy (non-hydrogen) atoms. The molecule has 0 saturated carbocycles. The van der Waals surface area contributed by atoms with Crippen LogP contribution in [0.25, 0.3) is 0 Å². The first-order chi connectivity index (χ1) is 22.2. The average molecular weight is 651 g/mol. The molecule has 0 spiro atoms. The van der Waals surface area contributed by atoms with Crippen LogP contribution in [-0.2, 0) is 14.4 Å². The van der Waals surface area contributed by atoms with Gasteiger partial charge in [0.1, 0.15) is 5.75 Å². The monoisotopic (exact) mass is 650 g/mol. The van der Waals surface area contributed by atoms with Crippen molar-refractivity contribution in [2.45, 2.75) is 79.2 Å². The van der Waals surface area contributed by atoms with Gasteiger partial charge < -0.3 is 15.0 Å². The Morgan fingerprint density at radius 1 is 0.872 bits per heavy atom. The van der Waals surface area contributed by atoms with Crippen LogP contribution in [0.4, 0.5) is 5.69 Å². The molecule has 0 unspecified atom stereocenters. The van der Waals surface area contributed by atoms with E-state index >= 15 is 0 Å². The maximum absolute atomic E-state index is 14.2. The van der Waals surface area contributed by atoms with E-state index in [4.69, 9.17) is 16.3 Å². The number of amides is 1. The van der Waals surface area contributed by atoms with Crippen LogP contribution >= 0.6 is 11.6 Å². The summed E-state index contributed by atoms with van der Waals surface area (Å²) in [6.07, 6.45) is 2.29. The largest absolute Gasteiger partial charge is 0.484 e. The van der Waals surface area contributed by atoms with Gasteiger partial charge in [-0.1, -0.05) is 87.8 Å². The Balaban J connectivity index is 1.40. The number of anilines is 1. The highest BCUT2D eigenvalue weighted by Gasteiger charge is 2.50. The number of benzene rings is 3. The molecule has 1 atom stereocenters. The van der Waals surface area contributed by atoms with E-state index < -0.39 is 5.92 Å². The summed E-state index contributed by atoms with van der Waals surface area (Å²) in [6.45, 7) is 12.5. The van der Waals surface area contributed by atoms with Crippen molar-refractivity contribution < 1.29 is 19.1 Å². The molecule has 1 amide bonds. The predicted molar refractivity (Wildman–Crippen MR) is 186 cm³/mol. The Morgan fingerprint density at radius 3 is 2.09 bits per heavy atom.